The van der Waals surface area contributed by atoms with Gasteiger partial charge in [-0.1, -0.05) is 22.0 Å². The summed E-state index contributed by atoms with van der Waals surface area (Å²) in [4.78, 5) is 0. The lowest BCUT2D eigenvalue weighted by atomic mass is 10.1. The van der Waals surface area contributed by atoms with Crippen LogP contribution in [0.15, 0.2) is 39.5 Å². The number of rotatable bonds is 5. The van der Waals surface area contributed by atoms with Crippen molar-refractivity contribution in [3.05, 3.63) is 50.6 Å². The van der Waals surface area contributed by atoms with Gasteiger partial charge in [0.15, 0.2) is 0 Å². The lowest BCUT2D eigenvalue weighted by molar-refractivity contribution is 0.300. The molecule has 2 nitrogen and oxygen atoms in total. The number of hydrogen-bond acceptors (Lipinski definition) is 3. The molecule has 1 N–H and O–H groups in total. The van der Waals surface area contributed by atoms with Crippen LogP contribution in [0.4, 0.5) is 0 Å². The Labute approximate surface area is 120 Å². The molecular weight excluding hydrogens is 310 g/mol. The molecule has 0 aliphatic rings. The van der Waals surface area contributed by atoms with Crippen LogP contribution in [-0.2, 0) is 6.61 Å². The second-order valence-electron chi connectivity index (χ2n) is 4.11. The average Bonchev–Trinajstić information content (AvgIpc) is 2.88. The number of halogens is 1. The van der Waals surface area contributed by atoms with Crippen LogP contribution in [0.25, 0.3) is 0 Å². The molecule has 0 spiro atoms. The molecular formula is C14H16BrNOS. The zero-order valence-electron chi connectivity index (χ0n) is 10.4. The highest BCUT2D eigenvalue weighted by atomic mass is 79.9. The Kier molecular flexibility index (Phi) is 4.80. The zero-order valence-corrected chi connectivity index (χ0v) is 12.8. The Morgan fingerprint density at radius 3 is 2.89 bits per heavy atom. The number of thiophene rings is 1. The minimum Gasteiger partial charge on any atom is -0.488 e. The second kappa shape index (κ2) is 6.36. The van der Waals surface area contributed by atoms with E-state index in [0.717, 1.165) is 10.2 Å². The molecule has 0 amide bonds. The van der Waals surface area contributed by atoms with Gasteiger partial charge in [0.05, 0.1) is 0 Å². The Morgan fingerprint density at radius 1 is 1.39 bits per heavy atom. The van der Waals surface area contributed by atoms with E-state index in [1.807, 2.05) is 19.2 Å². The number of hydrogen-bond donors (Lipinski definition) is 1. The zero-order chi connectivity index (χ0) is 13.0. The van der Waals surface area contributed by atoms with Crippen molar-refractivity contribution in [2.24, 2.45) is 0 Å². The SMILES string of the molecule is CNC(C)c1ccc(Br)cc1OCc1ccsc1. The van der Waals surface area contributed by atoms with Gasteiger partial charge in [-0.25, -0.2) is 0 Å². The normalized spacial score (nSPS) is 12.4. The van der Waals surface area contributed by atoms with Crippen molar-refractivity contribution in [3.63, 3.8) is 0 Å². The summed E-state index contributed by atoms with van der Waals surface area (Å²) in [6.45, 7) is 2.74. The van der Waals surface area contributed by atoms with Gasteiger partial charge < -0.3 is 10.1 Å². The highest BCUT2D eigenvalue weighted by Gasteiger charge is 2.10. The van der Waals surface area contributed by atoms with Crippen molar-refractivity contribution in [2.75, 3.05) is 7.05 Å². The van der Waals surface area contributed by atoms with E-state index in [2.05, 4.69) is 51.1 Å². The molecule has 0 bridgehead atoms. The van der Waals surface area contributed by atoms with E-state index in [4.69, 9.17) is 4.74 Å². The van der Waals surface area contributed by atoms with Gasteiger partial charge in [-0.15, -0.1) is 0 Å². The molecule has 2 aromatic rings. The summed E-state index contributed by atoms with van der Waals surface area (Å²) in [5.41, 5.74) is 2.39. The summed E-state index contributed by atoms with van der Waals surface area (Å²) in [5, 5.41) is 7.42. The topological polar surface area (TPSA) is 21.3 Å². The molecule has 0 saturated heterocycles. The highest BCUT2D eigenvalue weighted by Crippen LogP contribution is 2.29. The molecule has 96 valence electrons. The maximum Gasteiger partial charge on any atom is 0.125 e. The Balaban J connectivity index is 2.17. The van der Waals surface area contributed by atoms with Crippen LogP contribution in [0, 0.1) is 0 Å². The van der Waals surface area contributed by atoms with Crippen LogP contribution < -0.4 is 10.1 Å². The van der Waals surface area contributed by atoms with Crippen LogP contribution in [0.5, 0.6) is 5.75 Å². The smallest absolute Gasteiger partial charge is 0.125 e. The van der Waals surface area contributed by atoms with Crippen LogP contribution in [0.1, 0.15) is 24.1 Å². The predicted octanol–water partition coefficient (Wildman–Crippen LogP) is 4.37. The lowest BCUT2D eigenvalue weighted by Gasteiger charge is -2.16. The van der Waals surface area contributed by atoms with Crippen molar-refractivity contribution in [3.8, 4) is 5.75 Å². The van der Waals surface area contributed by atoms with E-state index in [-0.39, 0.29) is 6.04 Å². The number of nitrogens with one attached hydrogen (secondary N) is 1. The fourth-order valence-corrected chi connectivity index (χ4v) is 2.68. The fraction of sp³-hybridized carbons (Fsp3) is 0.286. The molecule has 0 saturated carbocycles. The lowest BCUT2D eigenvalue weighted by Crippen LogP contribution is -2.13. The third-order valence-corrected chi connectivity index (χ3v) is 4.07. The minimum atomic E-state index is 0.274. The first-order chi connectivity index (χ1) is 8.70. The summed E-state index contributed by atoms with van der Waals surface area (Å²) in [7, 11) is 1.95. The summed E-state index contributed by atoms with van der Waals surface area (Å²) in [5.74, 6) is 0.928. The van der Waals surface area contributed by atoms with E-state index in [1.165, 1.54) is 11.1 Å². The van der Waals surface area contributed by atoms with E-state index < -0.39 is 0 Å². The summed E-state index contributed by atoms with van der Waals surface area (Å²) in [6, 6.07) is 8.52. The van der Waals surface area contributed by atoms with E-state index in [9.17, 15) is 0 Å². The van der Waals surface area contributed by atoms with Crippen molar-refractivity contribution in [2.45, 2.75) is 19.6 Å². The molecule has 0 fully saturated rings. The Morgan fingerprint density at radius 2 is 2.22 bits per heavy atom. The third kappa shape index (κ3) is 3.34. The monoisotopic (exact) mass is 325 g/mol. The molecule has 1 aromatic carbocycles. The van der Waals surface area contributed by atoms with Crippen molar-refractivity contribution in [1.29, 1.82) is 0 Å². The van der Waals surface area contributed by atoms with Crippen molar-refractivity contribution in [1.82, 2.24) is 5.32 Å². The van der Waals surface area contributed by atoms with Gasteiger partial charge in [0.1, 0.15) is 12.4 Å². The van der Waals surface area contributed by atoms with Gasteiger partial charge in [-0.3, -0.25) is 0 Å². The maximum absolute atomic E-state index is 5.92. The molecule has 1 aromatic heterocycles. The van der Waals surface area contributed by atoms with Gasteiger partial charge in [-0.2, -0.15) is 11.3 Å². The summed E-state index contributed by atoms with van der Waals surface area (Å²) < 4.78 is 6.96. The van der Waals surface area contributed by atoms with Crippen LogP contribution >= 0.6 is 27.3 Å². The standard InChI is InChI=1S/C14H16BrNOS/c1-10(16-2)13-4-3-12(15)7-14(13)17-8-11-5-6-18-9-11/h3-7,9-10,16H,8H2,1-2H3. The average molecular weight is 326 g/mol. The van der Waals surface area contributed by atoms with Gasteiger partial charge in [-0.05, 0) is 48.5 Å². The quantitative estimate of drug-likeness (QED) is 0.881. The minimum absolute atomic E-state index is 0.274. The van der Waals surface area contributed by atoms with E-state index in [0.29, 0.717) is 6.61 Å². The van der Waals surface area contributed by atoms with E-state index >= 15 is 0 Å². The highest BCUT2D eigenvalue weighted by molar-refractivity contribution is 9.10. The molecule has 0 radical (unpaired) electrons. The molecule has 1 heterocycles. The van der Waals surface area contributed by atoms with Gasteiger partial charge in [0.25, 0.3) is 0 Å². The largest absolute Gasteiger partial charge is 0.488 e. The molecule has 4 heteroatoms. The van der Waals surface area contributed by atoms with Gasteiger partial charge >= 0.3 is 0 Å². The molecule has 0 aliphatic heterocycles. The van der Waals surface area contributed by atoms with Crippen molar-refractivity contribution < 1.29 is 4.74 Å². The van der Waals surface area contributed by atoms with Crippen LogP contribution in [-0.4, -0.2) is 7.05 Å². The molecule has 0 aliphatic carbocycles. The maximum atomic E-state index is 5.92. The van der Waals surface area contributed by atoms with Crippen molar-refractivity contribution >= 4 is 27.3 Å². The molecule has 1 atom stereocenters. The molecule has 2 rings (SSSR count). The molecule has 18 heavy (non-hydrogen) atoms. The Hall–Kier alpha value is -0.840. The number of ether oxygens (including phenoxy) is 1. The summed E-state index contributed by atoms with van der Waals surface area (Å²) >= 11 is 5.18. The first-order valence-electron chi connectivity index (χ1n) is 5.81. The van der Waals surface area contributed by atoms with Gasteiger partial charge in [0.2, 0.25) is 0 Å². The van der Waals surface area contributed by atoms with Crippen LogP contribution in [0.2, 0.25) is 0 Å². The third-order valence-electron chi connectivity index (χ3n) is 2.85. The van der Waals surface area contributed by atoms with Gasteiger partial charge in [0, 0.05) is 16.1 Å². The van der Waals surface area contributed by atoms with E-state index in [1.54, 1.807) is 11.3 Å². The predicted molar refractivity (Wildman–Crippen MR) is 80.3 cm³/mol. The second-order valence-corrected chi connectivity index (χ2v) is 5.81. The Bertz CT molecular complexity index is 499. The number of benzene rings is 1. The van der Waals surface area contributed by atoms with Crippen LogP contribution in [0.3, 0.4) is 0 Å². The first-order valence-corrected chi connectivity index (χ1v) is 7.55. The molecule has 1 unspecified atom stereocenters. The first kappa shape index (κ1) is 13.6. The summed E-state index contributed by atoms with van der Waals surface area (Å²) in [6.07, 6.45) is 0. The fourth-order valence-electron chi connectivity index (χ4n) is 1.68.